The van der Waals surface area contributed by atoms with Crippen molar-refractivity contribution in [2.45, 2.75) is 46.6 Å². The van der Waals surface area contributed by atoms with E-state index >= 15 is 0 Å². The van der Waals surface area contributed by atoms with Crippen molar-refractivity contribution < 1.29 is 14.7 Å². The van der Waals surface area contributed by atoms with Crippen LogP contribution in [0, 0.1) is 18.3 Å². The molecule has 2 aliphatic heterocycles. The molecule has 0 spiro atoms. The highest BCUT2D eigenvalue weighted by Gasteiger charge is 2.33. The van der Waals surface area contributed by atoms with E-state index in [2.05, 4.69) is 22.8 Å². The number of carbonyl (C=O) groups is 2. The number of aromatic nitrogens is 1. The van der Waals surface area contributed by atoms with E-state index in [0.29, 0.717) is 26.9 Å². The summed E-state index contributed by atoms with van der Waals surface area (Å²) in [7, 11) is 0. The number of thiocarbonyl (C=S) groups is 1. The van der Waals surface area contributed by atoms with Gasteiger partial charge < -0.3 is 14.9 Å². The lowest BCUT2D eigenvalue weighted by molar-refractivity contribution is -0.137. The van der Waals surface area contributed by atoms with Gasteiger partial charge in [-0.1, -0.05) is 44.2 Å². The second-order valence-electron chi connectivity index (χ2n) is 8.56. The van der Waals surface area contributed by atoms with E-state index in [4.69, 9.17) is 17.3 Å². The lowest BCUT2D eigenvalue weighted by Crippen LogP contribution is -2.48. The Morgan fingerprint density at radius 1 is 1.20 bits per heavy atom. The van der Waals surface area contributed by atoms with Crippen molar-refractivity contribution in [3.05, 3.63) is 31.9 Å². The molecular weight excluding hydrogens is 486 g/mol. The number of rotatable bonds is 9. The smallest absolute Gasteiger partial charge is 0.305 e. The zero-order chi connectivity index (χ0) is 25.7. The van der Waals surface area contributed by atoms with Crippen LogP contribution in [0.2, 0.25) is 0 Å². The number of pyridine rings is 1. The Labute approximate surface area is 215 Å². The molecule has 0 unspecified atom stereocenters. The molecule has 1 N–H and O–H groups in total. The lowest BCUT2D eigenvalue weighted by Gasteiger charge is -2.37. The first-order valence-electron chi connectivity index (χ1n) is 11.8. The van der Waals surface area contributed by atoms with Gasteiger partial charge in [0.05, 0.1) is 11.3 Å². The molecule has 2 aliphatic rings. The first-order valence-corrected chi connectivity index (χ1v) is 13.1. The van der Waals surface area contributed by atoms with Gasteiger partial charge in [-0.15, -0.1) is 0 Å². The van der Waals surface area contributed by atoms with E-state index in [1.807, 2.05) is 6.92 Å². The number of nitrogens with zero attached hydrogens (tertiary/aromatic N) is 5. The topological polar surface area (TPSA) is 110 Å². The molecule has 11 heteroatoms. The zero-order valence-corrected chi connectivity index (χ0v) is 22.0. The van der Waals surface area contributed by atoms with Gasteiger partial charge >= 0.3 is 5.97 Å². The van der Waals surface area contributed by atoms with Crippen LogP contribution in [0.25, 0.3) is 6.08 Å². The number of carboxylic acid groups (broad SMARTS) is 1. The number of aliphatic carboxylic acids is 1. The minimum Gasteiger partial charge on any atom is -0.481 e. The molecule has 0 aromatic carbocycles. The van der Waals surface area contributed by atoms with Crippen LogP contribution in [0.5, 0.6) is 0 Å². The monoisotopic (exact) mass is 517 g/mol. The molecule has 9 nitrogen and oxygen atoms in total. The van der Waals surface area contributed by atoms with Crippen LogP contribution in [0.3, 0.4) is 0 Å². The first kappa shape index (κ1) is 26.9. The average molecular weight is 518 g/mol. The molecular formula is C24H31N5O4S2. The number of hydrogen-bond acceptors (Lipinski definition) is 8. The quantitative estimate of drug-likeness (QED) is 0.390. The van der Waals surface area contributed by atoms with Gasteiger partial charge in [0.25, 0.3) is 11.5 Å². The predicted octanol–water partition coefficient (Wildman–Crippen LogP) is 2.65. The van der Waals surface area contributed by atoms with E-state index < -0.39 is 5.97 Å². The van der Waals surface area contributed by atoms with E-state index in [1.54, 1.807) is 17.6 Å². The van der Waals surface area contributed by atoms with Gasteiger partial charge in [-0.05, 0) is 31.5 Å². The number of hydrogen-bond donors (Lipinski definition) is 1. The maximum absolute atomic E-state index is 13.3. The standard InChI is InChI=1S/C24H31N5O4S2/c1-4-6-8-28-21(27-12-10-26(5-2)11-13-27)17(16(3)18(15-25)22(28)32)14-19-23(33)29(24(34)35-19)9-7-20(30)31/h14H,4-13H2,1-3H3,(H,30,31). The van der Waals surface area contributed by atoms with Gasteiger partial charge in [-0.3, -0.25) is 23.9 Å². The van der Waals surface area contributed by atoms with Crippen LogP contribution in [0.15, 0.2) is 9.70 Å². The summed E-state index contributed by atoms with van der Waals surface area (Å²) >= 11 is 6.46. The van der Waals surface area contributed by atoms with E-state index in [-0.39, 0.29) is 30.0 Å². The number of likely N-dealkylation sites (N-methyl/N-ethyl adjacent to an activating group) is 1. The fourth-order valence-corrected chi connectivity index (χ4v) is 5.61. The number of anilines is 1. The third-order valence-corrected chi connectivity index (χ3v) is 7.78. The number of carbonyl (C=O) groups excluding carboxylic acids is 1. The van der Waals surface area contributed by atoms with Crippen LogP contribution in [-0.2, 0) is 16.1 Å². The summed E-state index contributed by atoms with van der Waals surface area (Å²) in [4.78, 5) is 43.6. The highest BCUT2D eigenvalue weighted by molar-refractivity contribution is 8.26. The van der Waals surface area contributed by atoms with Crippen LogP contribution in [0.4, 0.5) is 5.82 Å². The number of piperazine rings is 1. The number of amides is 1. The minimum atomic E-state index is -1.01. The summed E-state index contributed by atoms with van der Waals surface area (Å²) in [6, 6.07) is 2.07. The Morgan fingerprint density at radius 2 is 1.89 bits per heavy atom. The molecule has 0 saturated carbocycles. The Balaban J connectivity index is 2.15. The van der Waals surface area contributed by atoms with Gasteiger partial charge in [-0.25, -0.2) is 0 Å². The predicted molar refractivity (Wildman–Crippen MR) is 142 cm³/mol. The number of unbranched alkanes of at least 4 members (excludes halogenated alkanes) is 1. The van der Waals surface area contributed by atoms with Gasteiger partial charge in [0.2, 0.25) is 0 Å². The minimum absolute atomic E-state index is 0.00159. The fourth-order valence-electron chi connectivity index (χ4n) is 4.32. The third kappa shape index (κ3) is 5.77. The second-order valence-corrected chi connectivity index (χ2v) is 10.2. The van der Waals surface area contributed by atoms with Crippen molar-refractivity contribution in [3.8, 4) is 6.07 Å². The zero-order valence-electron chi connectivity index (χ0n) is 20.4. The lowest BCUT2D eigenvalue weighted by atomic mass is 10.0. The molecule has 3 rings (SSSR count). The Hall–Kier alpha value is -2.68. The number of thioether (sulfide) groups is 1. The third-order valence-electron chi connectivity index (χ3n) is 6.40. The van der Waals surface area contributed by atoms with Crippen molar-refractivity contribution in [1.29, 1.82) is 5.26 Å². The second kappa shape index (κ2) is 11.8. The summed E-state index contributed by atoms with van der Waals surface area (Å²) in [5.74, 6) is -0.632. The molecule has 2 fully saturated rings. The number of carboxylic acids is 1. The maximum Gasteiger partial charge on any atom is 0.305 e. The molecule has 0 aliphatic carbocycles. The maximum atomic E-state index is 13.3. The van der Waals surface area contributed by atoms with E-state index in [9.17, 15) is 19.6 Å². The molecule has 0 radical (unpaired) electrons. The summed E-state index contributed by atoms with van der Waals surface area (Å²) in [5, 5.41) is 18.8. The van der Waals surface area contributed by atoms with Crippen molar-refractivity contribution in [1.82, 2.24) is 14.4 Å². The molecule has 1 aromatic rings. The van der Waals surface area contributed by atoms with Crippen LogP contribution in [-0.4, -0.2) is 74.9 Å². The van der Waals surface area contributed by atoms with Crippen molar-refractivity contribution in [3.63, 3.8) is 0 Å². The van der Waals surface area contributed by atoms with Crippen LogP contribution in [0.1, 0.15) is 49.8 Å². The highest BCUT2D eigenvalue weighted by Crippen LogP contribution is 2.36. The summed E-state index contributed by atoms with van der Waals surface area (Å²) in [6.45, 7) is 10.5. The summed E-state index contributed by atoms with van der Waals surface area (Å²) in [5.41, 5.74) is 0.970. The highest BCUT2D eigenvalue weighted by atomic mass is 32.2. The Bertz CT molecular complexity index is 1150. The molecule has 3 heterocycles. The molecule has 0 atom stereocenters. The Morgan fingerprint density at radius 3 is 2.46 bits per heavy atom. The fraction of sp³-hybridized carbons (Fsp3) is 0.542. The first-order chi connectivity index (χ1) is 16.7. The van der Waals surface area contributed by atoms with Crippen molar-refractivity contribution >= 4 is 52.1 Å². The van der Waals surface area contributed by atoms with Crippen LogP contribution < -0.4 is 10.5 Å². The average Bonchev–Trinajstić information content (AvgIpc) is 3.10. The van der Waals surface area contributed by atoms with Gasteiger partial charge in [0.1, 0.15) is 21.8 Å². The molecule has 1 aromatic heterocycles. The largest absolute Gasteiger partial charge is 0.481 e. The van der Waals surface area contributed by atoms with Gasteiger partial charge in [0, 0.05) is 44.8 Å². The number of nitriles is 1. The van der Waals surface area contributed by atoms with E-state index in [1.165, 1.54) is 4.90 Å². The molecule has 0 bridgehead atoms. The SMILES string of the molecule is CCCCn1c(N2CCN(CC)CC2)c(C=C2SC(=S)N(CCC(=O)O)C2=O)c(C)c(C#N)c1=O. The summed E-state index contributed by atoms with van der Waals surface area (Å²) < 4.78 is 1.99. The molecule has 1 amide bonds. The normalized spacial score (nSPS) is 17.9. The van der Waals surface area contributed by atoms with Gasteiger partial charge in [0.15, 0.2) is 0 Å². The molecule has 35 heavy (non-hydrogen) atoms. The molecule has 2 saturated heterocycles. The Kier molecular flexibility index (Phi) is 9.10. The van der Waals surface area contributed by atoms with Crippen LogP contribution >= 0.6 is 24.0 Å². The summed E-state index contributed by atoms with van der Waals surface area (Å²) in [6.07, 6.45) is 3.20. The van der Waals surface area contributed by atoms with Crippen molar-refractivity contribution in [2.75, 3.05) is 44.2 Å². The van der Waals surface area contributed by atoms with Crippen molar-refractivity contribution in [2.24, 2.45) is 0 Å². The van der Waals surface area contributed by atoms with E-state index in [0.717, 1.165) is 63.1 Å². The van der Waals surface area contributed by atoms with Gasteiger partial charge in [-0.2, -0.15) is 5.26 Å². The molecule has 188 valence electrons.